The predicted molar refractivity (Wildman–Crippen MR) is 44.1 cm³/mol. The molecule has 0 aliphatic carbocycles. The third-order valence-electron chi connectivity index (χ3n) is 1.61. The number of benzene rings is 1. The first kappa shape index (κ1) is 9.51. The van der Waals surface area contributed by atoms with Gasteiger partial charge in [0.1, 0.15) is 5.78 Å². The Morgan fingerprint density at radius 3 is 2.62 bits per heavy atom. The molecule has 0 aliphatic heterocycles. The van der Waals surface area contributed by atoms with E-state index in [0.29, 0.717) is 0 Å². The number of halogens is 1. The van der Waals surface area contributed by atoms with Crippen molar-refractivity contribution < 1.29 is 19.4 Å². The number of carbonyl (C=O) groups excluding carboxylic acids is 1. The summed E-state index contributed by atoms with van der Waals surface area (Å²) in [7, 11) is 0. The van der Waals surface area contributed by atoms with Crippen LogP contribution >= 0.6 is 0 Å². The van der Waals surface area contributed by atoms with Crippen LogP contribution in [0.15, 0.2) is 12.1 Å². The van der Waals surface area contributed by atoms with Crippen molar-refractivity contribution in [1.82, 2.24) is 0 Å². The lowest BCUT2D eigenvalue weighted by atomic mass is 10.1. The van der Waals surface area contributed by atoms with Crippen LogP contribution < -0.4 is 0 Å². The Morgan fingerprint density at radius 1 is 1.46 bits per heavy atom. The summed E-state index contributed by atoms with van der Waals surface area (Å²) in [5.41, 5.74) is 0.0859. The van der Waals surface area contributed by atoms with Crippen molar-refractivity contribution in [1.29, 1.82) is 0 Å². The molecule has 0 aliphatic rings. The Bertz CT molecular complexity index is 347. The van der Waals surface area contributed by atoms with E-state index in [0.717, 1.165) is 6.07 Å². The molecule has 70 valence electrons. The molecule has 0 spiro atoms. The van der Waals surface area contributed by atoms with Crippen LogP contribution in [0, 0.1) is 5.82 Å². The van der Waals surface area contributed by atoms with Gasteiger partial charge in [0.25, 0.3) is 0 Å². The normalized spacial score (nSPS) is 10.0. The Balaban J connectivity index is 3.10. The van der Waals surface area contributed by atoms with Gasteiger partial charge in [-0.15, -0.1) is 0 Å². The lowest BCUT2D eigenvalue weighted by Crippen LogP contribution is -1.99. The van der Waals surface area contributed by atoms with Gasteiger partial charge >= 0.3 is 0 Å². The fraction of sp³-hybridized carbons (Fsp3) is 0.222. The average molecular weight is 184 g/mol. The number of hydrogen-bond acceptors (Lipinski definition) is 3. The minimum Gasteiger partial charge on any atom is -0.504 e. The van der Waals surface area contributed by atoms with Crippen LogP contribution in [0.25, 0.3) is 0 Å². The fourth-order valence-electron chi connectivity index (χ4n) is 1.00. The van der Waals surface area contributed by atoms with Crippen molar-refractivity contribution in [3.63, 3.8) is 0 Å². The fourth-order valence-corrected chi connectivity index (χ4v) is 1.00. The van der Waals surface area contributed by atoms with E-state index in [1.54, 1.807) is 0 Å². The summed E-state index contributed by atoms with van der Waals surface area (Å²) >= 11 is 0. The minimum absolute atomic E-state index is 0.0837. The average Bonchev–Trinajstić information content (AvgIpc) is 2.06. The van der Waals surface area contributed by atoms with Crippen LogP contribution in [0.3, 0.4) is 0 Å². The number of Topliss-reactive ketones (excluding diaryl/α,β-unsaturated/α-hetero) is 1. The molecule has 1 aromatic carbocycles. The first-order valence-electron chi connectivity index (χ1n) is 3.71. The maximum Gasteiger partial charge on any atom is 0.194 e. The van der Waals surface area contributed by atoms with Gasteiger partial charge in [0.05, 0.1) is 0 Å². The number of aromatic hydroxyl groups is 2. The number of ketones is 1. The maximum absolute atomic E-state index is 13.1. The molecular formula is C9H9FO3. The van der Waals surface area contributed by atoms with Crippen LogP contribution in [0.4, 0.5) is 4.39 Å². The lowest BCUT2D eigenvalue weighted by molar-refractivity contribution is -0.116. The van der Waals surface area contributed by atoms with Gasteiger partial charge in [0.2, 0.25) is 0 Å². The van der Waals surface area contributed by atoms with Crippen LogP contribution in [-0.2, 0) is 11.2 Å². The van der Waals surface area contributed by atoms with Gasteiger partial charge in [-0.05, 0) is 18.6 Å². The van der Waals surface area contributed by atoms with Gasteiger partial charge in [-0.2, -0.15) is 0 Å². The summed E-state index contributed by atoms with van der Waals surface area (Å²) in [6.07, 6.45) is -0.0837. The van der Waals surface area contributed by atoms with Crippen LogP contribution in [-0.4, -0.2) is 16.0 Å². The SMILES string of the molecule is CC(=O)Cc1ccc(O)c(O)c1F. The van der Waals surface area contributed by atoms with Gasteiger partial charge in [0, 0.05) is 6.42 Å². The molecule has 13 heavy (non-hydrogen) atoms. The monoisotopic (exact) mass is 184 g/mol. The maximum atomic E-state index is 13.1. The van der Waals surface area contributed by atoms with Crippen molar-refractivity contribution in [3.8, 4) is 11.5 Å². The first-order chi connectivity index (χ1) is 6.02. The Kier molecular flexibility index (Phi) is 2.51. The molecule has 0 heterocycles. The molecule has 0 amide bonds. The third kappa shape index (κ3) is 1.96. The minimum atomic E-state index is -0.935. The Hall–Kier alpha value is -1.58. The molecule has 2 N–H and O–H groups in total. The van der Waals surface area contributed by atoms with E-state index in [1.165, 1.54) is 13.0 Å². The van der Waals surface area contributed by atoms with Crippen molar-refractivity contribution in [3.05, 3.63) is 23.5 Å². The van der Waals surface area contributed by atoms with E-state index in [9.17, 15) is 9.18 Å². The molecule has 0 saturated heterocycles. The summed E-state index contributed by atoms with van der Waals surface area (Å²) in [5.74, 6) is -2.47. The van der Waals surface area contributed by atoms with Crippen LogP contribution in [0.1, 0.15) is 12.5 Å². The second-order valence-corrected chi connectivity index (χ2v) is 2.79. The molecule has 3 nitrogen and oxygen atoms in total. The molecule has 0 atom stereocenters. The molecule has 0 radical (unpaired) electrons. The van der Waals surface area contributed by atoms with Crippen LogP contribution in [0.5, 0.6) is 11.5 Å². The van der Waals surface area contributed by atoms with E-state index >= 15 is 0 Å². The number of hydrogen-bond donors (Lipinski definition) is 2. The first-order valence-corrected chi connectivity index (χ1v) is 3.71. The molecule has 1 rings (SSSR count). The smallest absolute Gasteiger partial charge is 0.194 e. The van der Waals surface area contributed by atoms with E-state index in [1.807, 2.05) is 0 Å². The summed E-state index contributed by atoms with van der Waals surface area (Å²) < 4.78 is 13.1. The van der Waals surface area contributed by atoms with Gasteiger partial charge in [-0.1, -0.05) is 6.07 Å². The topological polar surface area (TPSA) is 57.5 Å². The molecular weight excluding hydrogens is 175 g/mol. The highest BCUT2D eigenvalue weighted by Gasteiger charge is 2.12. The number of phenols is 2. The zero-order chi connectivity index (χ0) is 10.0. The number of carbonyl (C=O) groups is 1. The molecule has 4 heteroatoms. The van der Waals surface area contributed by atoms with Gasteiger partial charge < -0.3 is 10.2 Å². The summed E-state index contributed by atoms with van der Waals surface area (Å²) in [6.45, 7) is 1.32. The van der Waals surface area contributed by atoms with Gasteiger partial charge in [-0.3, -0.25) is 4.79 Å². The quantitative estimate of drug-likeness (QED) is 0.682. The Morgan fingerprint density at radius 2 is 2.08 bits per heavy atom. The lowest BCUT2D eigenvalue weighted by Gasteiger charge is -2.03. The highest BCUT2D eigenvalue weighted by atomic mass is 19.1. The van der Waals surface area contributed by atoms with Crippen molar-refractivity contribution in [2.75, 3.05) is 0 Å². The van der Waals surface area contributed by atoms with E-state index in [-0.39, 0.29) is 17.8 Å². The molecule has 0 aromatic heterocycles. The third-order valence-corrected chi connectivity index (χ3v) is 1.61. The summed E-state index contributed by atoms with van der Waals surface area (Å²) in [4.78, 5) is 10.7. The van der Waals surface area contributed by atoms with Crippen molar-refractivity contribution in [2.24, 2.45) is 0 Å². The van der Waals surface area contributed by atoms with Crippen LogP contribution in [0.2, 0.25) is 0 Å². The predicted octanol–water partition coefficient (Wildman–Crippen LogP) is 1.37. The van der Waals surface area contributed by atoms with Gasteiger partial charge in [0.15, 0.2) is 17.3 Å². The number of rotatable bonds is 2. The number of phenolic OH excluding ortho intramolecular Hbond substituents is 2. The molecule has 0 fully saturated rings. The summed E-state index contributed by atoms with van der Waals surface area (Å²) in [5, 5.41) is 17.8. The highest BCUT2D eigenvalue weighted by molar-refractivity contribution is 5.78. The van der Waals surface area contributed by atoms with Gasteiger partial charge in [-0.25, -0.2) is 4.39 Å². The van der Waals surface area contributed by atoms with E-state index in [2.05, 4.69) is 0 Å². The molecule has 0 saturated carbocycles. The van der Waals surface area contributed by atoms with Crippen molar-refractivity contribution >= 4 is 5.78 Å². The standard InChI is InChI=1S/C9H9FO3/c1-5(11)4-6-2-3-7(12)9(13)8(6)10/h2-3,12-13H,4H2,1H3. The highest BCUT2D eigenvalue weighted by Crippen LogP contribution is 2.29. The Labute approximate surface area is 74.4 Å². The largest absolute Gasteiger partial charge is 0.504 e. The van der Waals surface area contributed by atoms with E-state index in [4.69, 9.17) is 10.2 Å². The van der Waals surface area contributed by atoms with Crippen molar-refractivity contribution in [2.45, 2.75) is 13.3 Å². The second kappa shape index (κ2) is 3.43. The summed E-state index contributed by atoms with van der Waals surface area (Å²) in [6, 6.07) is 2.42. The molecule has 0 unspecified atom stereocenters. The molecule has 0 bridgehead atoms. The molecule has 1 aromatic rings. The zero-order valence-corrected chi connectivity index (χ0v) is 7.04. The second-order valence-electron chi connectivity index (χ2n) is 2.79. The van der Waals surface area contributed by atoms with E-state index < -0.39 is 17.3 Å². The zero-order valence-electron chi connectivity index (χ0n) is 7.04.